The van der Waals surface area contributed by atoms with Crippen LogP contribution in [0.15, 0.2) is 47.4 Å². The van der Waals surface area contributed by atoms with Crippen LogP contribution in [-0.4, -0.2) is 16.1 Å². The smallest absolute Gasteiger partial charge is 0.134 e. The van der Waals surface area contributed by atoms with E-state index in [2.05, 4.69) is 40.8 Å². The number of nitrogens with zero attached hydrogens (tertiary/aromatic N) is 2. The number of hydrogen-bond acceptors (Lipinski definition) is 3. The summed E-state index contributed by atoms with van der Waals surface area (Å²) in [4.78, 5) is 4.11. The Morgan fingerprint density at radius 3 is 2.90 bits per heavy atom. The van der Waals surface area contributed by atoms with Gasteiger partial charge in [-0.2, -0.15) is 0 Å². The molecule has 0 fully saturated rings. The lowest BCUT2D eigenvalue weighted by Gasteiger charge is -2.08. The highest BCUT2D eigenvalue weighted by atomic mass is 16.3. The average Bonchev–Trinajstić information content (AvgIpc) is 3.08. The van der Waals surface area contributed by atoms with Gasteiger partial charge >= 0.3 is 0 Å². The van der Waals surface area contributed by atoms with Gasteiger partial charge in [0.05, 0.1) is 19.4 Å². The summed E-state index contributed by atoms with van der Waals surface area (Å²) in [6.07, 6.45) is 5.62. The molecule has 0 spiro atoms. The number of hydrogen-bond donors (Lipinski definition) is 1. The number of aromatic nitrogens is 2. The number of para-hydroxylation sites is 1. The van der Waals surface area contributed by atoms with Gasteiger partial charge in [0.1, 0.15) is 11.3 Å². The van der Waals surface area contributed by atoms with Crippen molar-refractivity contribution in [1.29, 1.82) is 0 Å². The predicted molar refractivity (Wildman–Crippen MR) is 84.1 cm³/mol. The maximum absolute atomic E-state index is 6.03. The van der Waals surface area contributed by atoms with Gasteiger partial charge in [-0.1, -0.05) is 32.0 Å². The molecule has 0 aliphatic carbocycles. The second-order valence-corrected chi connectivity index (χ2v) is 5.76. The van der Waals surface area contributed by atoms with Crippen LogP contribution in [0.25, 0.3) is 11.0 Å². The largest absolute Gasteiger partial charge is 0.459 e. The molecule has 0 unspecified atom stereocenters. The molecule has 0 saturated carbocycles. The molecule has 0 aliphatic rings. The van der Waals surface area contributed by atoms with E-state index >= 15 is 0 Å². The highest BCUT2D eigenvalue weighted by Gasteiger charge is 2.14. The van der Waals surface area contributed by atoms with E-state index in [9.17, 15) is 0 Å². The third-order valence-electron chi connectivity index (χ3n) is 3.52. The van der Waals surface area contributed by atoms with Gasteiger partial charge < -0.3 is 14.3 Å². The van der Waals surface area contributed by atoms with Crippen LogP contribution < -0.4 is 5.32 Å². The van der Waals surface area contributed by atoms with Crippen molar-refractivity contribution >= 4 is 11.0 Å². The van der Waals surface area contributed by atoms with Crippen LogP contribution in [0.4, 0.5) is 0 Å². The number of rotatable bonds is 6. The van der Waals surface area contributed by atoms with Crippen LogP contribution in [0.2, 0.25) is 0 Å². The Balaban J connectivity index is 1.90. The summed E-state index contributed by atoms with van der Waals surface area (Å²) < 4.78 is 8.11. The van der Waals surface area contributed by atoms with Crippen LogP contribution in [0.3, 0.4) is 0 Å². The highest BCUT2D eigenvalue weighted by molar-refractivity contribution is 5.82. The van der Waals surface area contributed by atoms with Gasteiger partial charge in [0.15, 0.2) is 0 Å². The van der Waals surface area contributed by atoms with Gasteiger partial charge in [-0.15, -0.1) is 0 Å². The second kappa shape index (κ2) is 6.14. The van der Waals surface area contributed by atoms with Crippen molar-refractivity contribution in [3.63, 3.8) is 0 Å². The Labute approximate surface area is 124 Å². The summed E-state index contributed by atoms with van der Waals surface area (Å²) in [5.74, 6) is 1.65. The van der Waals surface area contributed by atoms with Crippen molar-refractivity contribution in [2.75, 3.05) is 6.54 Å². The molecule has 1 N–H and O–H groups in total. The summed E-state index contributed by atoms with van der Waals surface area (Å²) in [5, 5.41) is 4.65. The minimum absolute atomic E-state index is 0.631. The van der Waals surface area contributed by atoms with Crippen LogP contribution in [0.5, 0.6) is 0 Å². The normalized spacial score (nSPS) is 11.6. The molecule has 4 heteroatoms. The Hall–Kier alpha value is -2.07. The fourth-order valence-electron chi connectivity index (χ4n) is 2.50. The minimum atomic E-state index is 0.631. The molecular weight excluding hydrogens is 262 g/mol. The number of benzene rings is 1. The number of imidazole rings is 1. The first-order chi connectivity index (χ1) is 10.2. The van der Waals surface area contributed by atoms with Crippen LogP contribution in [-0.2, 0) is 13.1 Å². The lowest BCUT2D eigenvalue weighted by Crippen LogP contribution is -2.19. The predicted octanol–water partition coefficient (Wildman–Crippen LogP) is 3.42. The average molecular weight is 283 g/mol. The molecule has 4 nitrogen and oxygen atoms in total. The zero-order valence-electron chi connectivity index (χ0n) is 12.5. The van der Waals surface area contributed by atoms with Crippen LogP contribution in [0.1, 0.15) is 25.2 Å². The van der Waals surface area contributed by atoms with Crippen LogP contribution >= 0.6 is 0 Å². The number of furan rings is 1. The first-order valence-electron chi connectivity index (χ1n) is 7.40. The van der Waals surface area contributed by atoms with Gasteiger partial charge in [-0.05, 0) is 18.5 Å². The van der Waals surface area contributed by atoms with Crippen molar-refractivity contribution in [2.24, 2.45) is 5.92 Å². The van der Waals surface area contributed by atoms with Crippen molar-refractivity contribution in [2.45, 2.75) is 26.9 Å². The zero-order chi connectivity index (χ0) is 14.7. The molecule has 0 aliphatic heterocycles. The van der Waals surface area contributed by atoms with Crippen LogP contribution in [0, 0.1) is 5.92 Å². The quantitative estimate of drug-likeness (QED) is 0.753. The summed E-state index contributed by atoms with van der Waals surface area (Å²) in [7, 11) is 0. The first kappa shape index (κ1) is 13.9. The van der Waals surface area contributed by atoms with E-state index in [0.29, 0.717) is 5.92 Å². The minimum Gasteiger partial charge on any atom is -0.459 e. The van der Waals surface area contributed by atoms with E-state index in [4.69, 9.17) is 4.42 Å². The Kier molecular flexibility index (Phi) is 4.06. The lowest BCUT2D eigenvalue weighted by molar-refractivity contribution is 0.479. The molecule has 110 valence electrons. The standard InChI is InChI=1S/C17H21N3O/c1-13(2)9-19-10-17-15(11-20-8-7-18-12-20)14-5-3-4-6-16(14)21-17/h3-8,12-13,19H,9-11H2,1-2H3. The molecule has 0 saturated heterocycles. The fourth-order valence-corrected chi connectivity index (χ4v) is 2.50. The number of nitrogens with one attached hydrogen (secondary N) is 1. The SMILES string of the molecule is CC(C)CNCc1oc2ccccc2c1Cn1ccnc1. The molecule has 2 heterocycles. The molecule has 21 heavy (non-hydrogen) atoms. The van der Waals surface area contributed by atoms with E-state index in [1.165, 1.54) is 10.9 Å². The van der Waals surface area contributed by atoms with Crippen molar-refractivity contribution in [1.82, 2.24) is 14.9 Å². The van der Waals surface area contributed by atoms with E-state index in [0.717, 1.165) is 31.0 Å². The van der Waals surface area contributed by atoms with E-state index in [1.54, 1.807) is 6.20 Å². The molecule has 0 bridgehead atoms. The third kappa shape index (κ3) is 3.16. The Morgan fingerprint density at radius 1 is 1.29 bits per heavy atom. The Morgan fingerprint density at radius 2 is 2.14 bits per heavy atom. The molecule has 3 rings (SSSR count). The summed E-state index contributed by atoms with van der Waals surface area (Å²) in [6.45, 7) is 6.95. The van der Waals surface area contributed by atoms with Crippen molar-refractivity contribution in [3.8, 4) is 0 Å². The van der Waals surface area contributed by atoms with Gasteiger partial charge in [-0.25, -0.2) is 4.98 Å². The molecule has 0 amide bonds. The second-order valence-electron chi connectivity index (χ2n) is 5.76. The maximum Gasteiger partial charge on any atom is 0.134 e. The van der Waals surface area contributed by atoms with Gasteiger partial charge in [-0.3, -0.25) is 0 Å². The van der Waals surface area contributed by atoms with E-state index in [-0.39, 0.29) is 0 Å². The Bertz CT molecular complexity index is 698. The topological polar surface area (TPSA) is 43.0 Å². The maximum atomic E-state index is 6.03. The summed E-state index contributed by atoms with van der Waals surface area (Å²) >= 11 is 0. The number of fused-ring (bicyclic) bond motifs is 1. The van der Waals surface area contributed by atoms with Gasteiger partial charge in [0, 0.05) is 23.3 Å². The van der Waals surface area contributed by atoms with E-state index in [1.807, 2.05) is 24.7 Å². The molecule has 1 aromatic carbocycles. The molecule has 0 radical (unpaired) electrons. The van der Waals surface area contributed by atoms with Gasteiger partial charge in [0.2, 0.25) is 0 Å². The van der Waals surface area contributed by atoms with Crippen molar-refractivity contribution < 1.29 is 4.42 Å². The zero-order valence-corrected chi connectivity index (χ0v) is 12.5. The molecular formula is C17H21N3O. The highest BCUT2D eigenvalue weighted by Crippen LogP contribution is 2.26. The fraction of sp³-hybridized carbons (Fsp3) is 0.353. The summed E-state index contributed by atoms with van der Waals surface area (Å²) in [5.41, 5.74) is 2.19. The van der Waals surface area contributed by atoms with Crippen molar-refractivity contribution in [3.05, 3.63) is 54.3 Å². The molecule has 0 atom stereocenters. The third-order valence-corrected chi connectivity index (χ3v) is 3.52. The summed E-state index contributed by atoms with van der Waals surface area (Å²) in [6, 6.07) is 8.22. The first-order valence-corrected chi connectivity index (χ1v) is 7.40. The van der Waals surface area contributed by atoms with Gasteiger partial charge in [0.25, 0.3) is 0 Å². The lowest BCUT2D eigenvalue weighted by atomic mass is 10.1. The monoisotopic (exact) mass is 283 g/mol. The van der Waals surface area contributed by atoms with E-state index < -0.39 is 0 Å². The molecule has 2 aromatic heterocycles. The molecule has 3 aromatic rings.